The number of benzene rings is 2. The Morgan fingerprint density at radius 2 is 1.86 bits per heavy atom. The maximum atomic E-state index is 6.49. The summed E-state index contributed by atoms with van der Waals surface area (Å²) >= 11 is 1.94. The molecule has 1 aliphatic heterocycles. The molecular formula is C25H27BOS. The molecule has 1 fully saturated rings. The van der Waals surface area contributed by atoms with Crippen molar-refractivity contribution in [2.75, 3.05) is 0 Å². The molecule has 0 amide bonds. The lowest BCUT2D eigenvalue weighted by Gasteiger charge is -2.34. The fraction of sp³-hybridized carbons (Fsp3) is 0.360. The molecule has 0 saturated carbocycles. The molecule has 2 heterocycles. The topological polar surface area (TPSA) is 9.23 Å². The van der Waals surface area contributed by atoms with E-state index in [0.717, 1.165) is 19.2 Å². The van der Waals surface area contributed by atoms with Gasteiger partial charge in [-0.15, -0.1) is 11.3 Å². The molecule has 28 heavy (non-hydrogen) atoms. The van der Waals surface area contributed by atoms with Crippen molar-refractivity contribution >= 4 is 39.9 Å². The van der Waals surface area contributed by atoms with Gasteiger partial charge in [0.25, 0.3) is 0 Å². The number of hydrogen-bond donors (Lipinski definition) is 0. The molecule has 1 aromatic heterocycles. The first kappa shape index (κ1) is 18.2. The summed E-state index contributed by atoms with van der Waals surface area (Å²) in [4.78, 5) is 1.44. The van der Waals surface area contributed by atoms with Gasteiger partial charge in [0, 0.05) is 9.58 Å². The molecule has 2 aromatic carbocycles. The van der Waals surface area contributed by atoms with E-state index in [1.807, 2.05) is 11.3 Å². The molecule has 0 atom stereocenters. The van der Waals surface area contributed by atoms with Gasteiger partial charge < -0.3 is 4.65 Å². The van der Waals surface area contributed by atoms with Crippen LogP contribution < -0.4 is 5.46 Å². The Morgan fingerprint density at radius 3 is 2.64 bits per heavy atom. The zero-order valence-corrected chi connectivity index (χ0v) is 18.0. The van der Waals surface area contributed by atoms with Crippen LogP contribution in [0.2, 0.25) is 6.32 Å². The lowest BCUT2D eigenvalue weighted by atomic mass is 9.54. The number of aryl methyl sites for hydroxylation is 1. The molecular weight excluding hydrogens is 359 g/mol. The highest BCUT2D eigenvalue weighted by molar-refractivity contribution is 7.20. The van der Waals surface area contributed by atoms with Crippen molar-refractivity contribution in [2.45, 2.75) is 52.5 Å². The standard InChI is InChI=1S/C25H27BOS/c1-24(2)16-26(27-25(24,3)4)18-10-7-9-17(15-18)19-12-8-13-21-20-11-5-6-14-22(20)28-23(19)21/h6-10,12-15H,5,11,16H2,1-4H3. The van der Waals surface area contributed by atoms with Gasteiger partial charge in [0.05, 0.1) is 5.60 Å². The van der Waals surface area contributed by atoms with Gasteiger partial charge in [-0.3, -0.25) is 0 Å². The largest absolute Gasteiger partial charge is 0.426 e. The third kappa shape index (κ3) is 2.79. The second-order valence-electron chi connectivity index (χ2n) is 9.40. The van der Waals surface area contributed by atoms with E-state index in [1.165, 1.54) is 37.1 Å². The average molecular weight is 386 g/mol. The van der Waals surface area contributed by atoms with Gasteiger partial charge in [-0.1, -0.05) is 62.4 Å². The van der Waals surface area contributed by atoms with Crippen molar-refractivity contribution in [2.24, 2.45) is 5.41 Å². The first-order valence-electron chi connectivity index (χ1n) is 10.3. The highest BCUT2D eigenvalue weighted by Crippen LogP contribution is 2.45. The van der Waals surface area contributed by atoms with Gasteiger partial charge in [0.2, 0.25) is 0 Å². The van der Waals surface area contributed by atoms with E-state index in [4.69, 9.17) is 4.65 Å². The van der Waals surface area contributed by atoms with E-state index in [2.05, 4.69) is 82.3 Å². The highest BCUT2D eigenvalue weighted by Gasteiger charge is 2.49. The number of rotatable bonds is 2. The zero-order valence-electron chi connectivity index (χ0n) is 17.2. The van der Waals surface area contributed by atoms with Crippen molar-refractivity contribution in [3.63, 3.8) is 0 Å². The van der Waals surface area contributed by atoms with E-state index in [-0.39, 0.29) is 17.9 Å². The van der Waals surface area contributed by atoms with E-state index >= 15 is 0 Å². The van der Waals surface area contributed by atoms with Crippen molar-refractivity contribution in [1.82, 2.24) is 0 Å². The molecule has 0 radical (unpaired) electrons. The van der Waals surface area contributed by atoms with Crippen molar-refractivity contribution in [1.29, 1.82) is 0 Å². The van der Waals surface area contributed by atoms with Crippen LogP contribution in [-0.4, -0.2) is 12.5 Å². The number of allylic oxidation sites excluding steroid dienone is 1. The summed E-state index contributed by atoms with van der Waals surface area (Å²) in [6, 6.07) is 15.8. The Bertz CT molecular complexity index is 1070. The molecule has 0 bridgehead atoms. The van der Waals surface area contributed by atoms with Crippen molar-refractivity contribution in [3.8, 4) is 11.1 Å². The molecule has 0 unspecified atom stereocenters. The number of thiophene rings is 1. The van der Waals surface area contributed by atoms with Crippen LogP contribution in [0, 0.1) is 5.41 Å². The lowest BCUT2D eigenvalue weighted by Crippen LogP contribution is -2.36. The summed E-state index contributed by atoms with van der Waals surface area (Å²) in [7, 11) is 0. The van der Waals surface area contributed by atoms with Crippen LogP contribution in [0.4, 0.5) is 0 Å². The molecule has 142 valence electrons. The molecule has 1 saturated heterocycles. The van der Waals surface area contributed by atoms with E-state index in [9.17, 15) is 0 Å². The molecule has 3 aromatic rings. The van der Waals surface area contributed by atoms with Gasteiger partial charge in [0.15, 0.2) is 0 Å². The molecule has 1 nitrogen and oxygen atoms in total. The van der Waals surface area contributed by atoms with Crippen LogP contribution in [0.15, 0.2) is 48.5 Å². The normalized spacial score (nSPS) is 19.9. The SMILES string of the molecule is CC1(C)CB(c2cccc(-c3cccc4c5c(sc34)C=CCC5)c2)OC1(C)C. The smallest absolute Gasteiger partial charge is 0.327 e. The molecule has 3 heteroatoms. The second kappa shape index (κ2) is 6.33. The predicted molar refractivity (Wildman–Crippen MR) is 124 cm³/mol. The third-order valence-corrected chi connectivity index (χ3v) is 8.26. The van der Waals surface area contributed by atoms with E-state index < -0.39 is 0 Å². The maximum absolute atomic E-state index is 6.49. The Morgan fingerprint density at radius 1 is 1.04 bits per heavy atom. The predicted octanol–water partition coefficient (Wildman–Crippen LogP) is 6.56. The lowest BCUT2D eigenvalue weighted by molar-refractivity contribution is 0.0375. The van der Waals surface area contributed by atoms with Gasteiger partial charge >= 0.3 is 6.92 Å². The van der Waals surface area contributed by atoms with Gasteiger partial charge in [-0.05, 0) is 72.0 Å². The summed E-state index contributed by atoms with van der Waals surface area (Å²) in [5, 5.41) is 1.44. The van der Waals surface area contributed by atoms with Crippen molar-refractivity contribution < 1.29 is 4.65 Å². The van der Waals surface area contributed by atoms with Crippen LogP contribution in [0.3, 0.4) is 0 Å². The Kier molecular flexibility index (Phi) is 4.12. The summed E-state index contributed by atoms with van der Waals surface area (Å²) < 4.78 is 7.91. The third-order valence-electron chi connectivity index (χ3n) is 7.01. The Labute approximate surface area is 172 Å². The van der Waals surface area contributed by atoms with Crippen LogP contribution in [-0.2, 0) is 11.1 Å². The summed E-state index contributed by atoms with van der Waals surface area (Å²) in [6.45, 7) is 9.26. The fourth-order valence-corrected chi connectivity index (χ4v) is 5.90. The van der Waals surface area contributed by atoms with Crippen LogP contribution in [0.1, 0.15) is 44.6 Å². The van der Waals surface area contributed by atoms with Gasteiger partial charge in [-0.25, -0.2) is 0 Å². The Hall–Kier alpha value is -1.84. The molecule has 5 rings (SSSR count). The summed E-state index contributed by atoms with van der Waals surface area (Å²) in [5.74, 6) is 0. The van der Waals surface area contributed by atoms with Gasteiger partial charge in [0.1, 0.15) is 0 Å². The quantitative estimate of drug-likeness (QED) is 0.453. The minimum atomic E-state index is -0.104. The molecule has 0 spiro atoms. The number of hydrogen-bond acceptors (Lipinski definition) is 2. The Balaban J connectivity index is 1.58. The van der Waals surface area contributed by atoms with E-state index in [0.29, 0.717) is 0 Å². The summed E-state index contributed by atoms with van der Waals surface area (Å²) in [5.41, 5.74) is 5.55. The fourth-order valence-electron chi connectivity index (χ4n) is 4.59. The van der Waals surface area contributed by atoms with Crippen LogP contribution in [0.25, 0.3) is 27.3 Å². The minimum absolute atomic E-state index is 0.104. The first-order chi connectivity index (χ1) is 13.4. The highest BCUT2D eigenvalue weighted by atomic mass is 32.1. The van der Waals surface area contributed by atoms with E-state index in [1.54, 1.807) is 0 Å². The maximum Gasteiger partial charge on any atom is 0.327 e. The zero-order chi connectivity index (χ0) is 19.5. The number of fused-ring (bicyclic) bond motifs is 3. The summed E-state index contributed by atoms with van der Waals surface area (Å²) in [6.07, 6.45) is 7.99. The van der Waals surface area contributed by atoms with Crippen LogP contribution >= 0.6 is 11.3 Å². The second-order valence-corrected chi connectivity index (χ2v) is 10.5. The monoisotopic (exact) mass is 386 g/mol. The average Bonchev–Trinajstić information content (AvgIpc) is 3.15. The van der Waals surface area contributed by atoms with Crippen LogP contribution in [0.5, 0.6) is 0 Å². The molecule has 0 N–H and O–H groups in total. The van der Waals surface area contributed by atoms with Crippen molar-refractivity contribution in [3.05, 3.63) is 59.0 Å². The molecule has 2 aliphatic rings. The molecule has 1 aliphatic carbocycles. The first-order valence-corrected chi connectivity index (χ1v) is 11.2. The minimum Gasteiger partial charge on any atom is -0.426 e. The van der Waals surface area contributed by atoms with Gasteiger partial charge in [-0.2, -0.15) is 0 Å².